The van der Waals surface area contributed by atoms with E-state index in [4.69, 9.17) is 10.5 Å². The molecule has 0 unspecified atom stereocenters. The quantitative estimate of drug-likeness (QED) is 0.715. The zero-order valence-electron chi connectivity index (χ0n) is 13.0. The summed E-state index contributed by atoms with van der Waals surface area (Å²) in [5, 5.41) is 3.27. The summed E-state index contributed by atoms with van der Waals surface area (Å²) in [6, 6.07) is 0. The number of unbranched alkanes of at least 4 members (excludes halogenated alkanes) is 1. The summed E-state index contributed by atoms with van der Waals surface area (Å²) >= 11 is 0. The number of hydrogen-bond acceptors (Lipinski definition) is 6. The van der Waals surface area contributed by atoms with Crippen molar-refractivity contribution in [2.45, 2.75) is 39.0 Å². The predicted molar refractivity (Wildman–Crippen MR) is 85.6 cm³/mol. The zero-order valence-corrected chi connectivity index (χ0v) is 13.0. The molecule has 0 radical (unpaired) electrons. The summed E-state index contributed by atoms with van der Waals surface area (Å²) in [6.45, 7) is 7.02. The Morgan fingerprint density at radius 3 is 2.90 bits per heavy atom. The van der Waals surface area contributed by atoms with Gasteiger partial charge in [-0.1, -0.05) is 19.8 Å². The maximum Gasteiger partial charge on any atom is 0.222 e. The number of nitrogens with one attached hydrogen (secondary N) is 1. The highest BCUT2D eigenvalue weighted by Gasteiger charge is 2.11. The fraction of sp³-hybridized carbons (Fsp3) is 0.733. The second-order valence-corrected chi connectivity index (χ2v) is 5.47. The minimum absolute atomic E-state index is 0.275. The second kappa shape index (κ2) is 8.67. The zero-order chi connectivity index (χ0) is 14.9. The largest absolute Gasteiger partial charge is 0.487 e. The molecule has 6 heteroatoms. The van der Waals surface area contributed by atoms with E-state index in [1.165, 1.54) is 32.4 Å². The molecular weight excluding hydrogens is 266 g/mol. The van der Waals surface area contributed by atoms with Crippen molar-refractivity contribution in [3.63, 3.8) is 0 Å². The van der Waals surface area contributed by atoms with Gasteiger partial charge in [-0.25, -0.2) is 4.98 Å². The standard InChI is InChI=1S/C15H27N5O/c1-2-3-7-17-14-13(12-18-15(16)19-14)21-11-10-20-8-5-4-6-9-20/h12H,2-11H2,1H3,(H3,16,17,18,19). The average Bonchev–Trinajstić information content (AvgIpc) is 2.51. The van der Waals surface area contributed by atoms with Gasteiger partial charge in [-0.15, -0.1) is 0 Å². The molecule has 6 nitrogen and oxygen atoms in total. The Kier molecular flexibility index (Phi) is 6.53. The first-order valence-electron chi connectivity index (χ1n) is 8.01. The van der Waals surface area contributed by atoms with Gasteiger partial charge in [0.1, 0.15) is 6.61 Å². The van der Waals surface area contributed by atoms with Crippen molar-refractivity contribution in [1.82, 2.24) is 14.9 Å². The van der Waals surface area contributed by atoms with Crippen molar-refractivity contribution in [2.75, 3.05) is 43.8 Å². The number of hydrogen-bond donors (Lipinski definition) is 2. The monoisotopic (exact) mass is 293 g/mol. The summed E-state index contributed by atoms with van der Waals surface area (Å²) < 4.78 is 5.84. The molecule has 0 spiro atoms. The van der Waals surface area contributed by atoms with Gasteiger partial charge in [0.2, 0.25) is 5.95 Å². The van der Waals surface area contributed by atoms with Crippen molar-refractivity contribution in [3.05, 3.63) is 6.20 Å². The molecule has 1 aliphatic heterocycles. The molecule has 0 amide bonds. The molecule has 3 N–H and O–H groups in total. The van der Waals surface area contributed by atoms with Crippen molar-refractivity contribution in [2.24, 2.45) is 0 Å². The Morgan fingerprint density at radius 2 is 2.14 bits per heavy atom. The first-order valence-corrected chi connectivity index (χ1v) is 8.01. The summed E-state index contributed by atoms with van der Waals surface area (Å²) in [7, 11) is 0. The number of nitrogen functional groups attached to an aromatic ring is 1. The number of ether oxygens (including phenoxy) is 1. The van der Waals surface area contributed by atoms with Crippen LogP contribution in [0.4, 0.5) is 11.8 Å². The summed E-state index contributed by atoms with van der Waals surface area (Å²) in [4.78, 5) is 10.7. The van der Waals surface area contributed by atoms with Gasteiger partial charge in [0.05, 0.1) is 6.20 Å². The maximum atomic E-state index is 5.84. The van der Waals surface area contributed by atoms with Crippen LogP contribution < -0.4 is 15.8 Å². The summed E-state index contributed by atoms with van der Waals surface area (Å²) in [6.07, 6.45) is 7.85. The highest BCUT2D eigenvalue weighted by atomic mass is 16.5. The number of rotatable bonds is 8. The minimum Gasteiger partial charge on any atom is -0.487 e. The Morgan fingerprint density at radius 1 is 1.33 bits per heavy atom. The number of nitrogens with two attached hydrogens (primary N) is 1. The van der Waals surface area contributed by atoms with Gasteiger partial charge in [0.15, 0.2) is 11.6 Å². The third-order valence-electron chi connectivity index (χ3n) is 3.71. The van der Waals surface area contributed by atoms with Crippen LogP contribution in [-0.2, 0) is 0 Å². The molecule has 2 rings (SSSR count). The van der Waals surface area contributed by atoms with Crippen LogP contribution in [0.1, 0.15) is 39.0 Å². The molecule has 1 aromatic rings. The molecule has 0 bridgehead atoms. The number of likely N-dealkylation sites (tertiary alicyclic amines) is 1. The first kappa shape index (κ1) is 15.8. The smallest absolute Gasteiger partial charge is 0.222 e. The molecule has 0 aromatic carbocycles. The summed E-state index contributed by atoms with van der Waals surface area (Å²) in [5.74, 6) is 1.67. The van der Waals surface area contributed by atoms with E-state index in [-0.39, 0.29) is 5.95 Å². The topological polar surface area (TPSA) is 76.3 Å². The molecule has 21 heavy (non-hydrogen) atoms. The van der Waals surface area contributed by atoms with Gasteiger partial charge in [-0.2, -0.15) is 4.98 Å². The van der Waals surface area contributed by atoms with Gasteiger partial charge >= 0.3 is 0 Å². The summed E-state index contributed by atoms with van der Waals surface area (Å²) in [5.41, 5.74) is 5.65. The normalized spacial score (nSPS) is 15.9. The Hall–Kier alpha value is -1.56. The van der Waals surface area contributed by atoms with E-state index in [0.717, 1.165) is 25.9 Å². The second-order valence-electron chi connectivity index (χ2n) is 5.47. The molecule has 0 saturated carbocycles. The van der Waals surface area contributed by atoms with Crippen LogP contribution in [0, 0.1) is 0 Å². The van der Waals surface area contributed by atoms with E-state index in [9.17, 15) is 0 Å². The lowest BCUT2D eigenvalue weighted by molar-refractivity contribution is 0.183. The van der Waals surface area contributed by atoms with Crippen LogP contribution in [0.3, 0.4) is 0 Å². The number of nitrogens with zero attached hydrogens (tertiary/aromatic N) is 3. The lowest BCUT2D eigenvalue weighted by Gasteiger charge is -2.26. The van der Waals surface area contributed by atoms with E-state index >= 15 is 0 Å². The van der Waals surface area contributed by atoms with E-state index in [0.29, 0.717) is 18.2 Å². The van der Waals surface area contributed by atoms with E-state index < -0.39 is 0 Å². The van der Waals surface area contributed by atoms with Crippen LogP contribution in [-0.4, -0.2) is 47.7 Å². The molecule has 1 saturated heterocycles. The van der Waals surface area contributed by atoms with Gasteiger partial charge in [0.25, 0.3) is 0 Å². The van der Waals surface area contributed by atoms with E-state index in [2.05, 4.69) is 27.1 Å². The molecule has 0 atom stereocenters. The third-order valence-corrected chi connectivity index (χ3v) is 3.71. The van der Waals surface area contributed by atoms with Crippen molar-refractivity contribution in [3.8, 4) is 5.75 Å². The Labute approximate surface area is 127 Å². The van der Waals surface area contributed by atoms with E-state index in [1.807, 2.05) is 0 Å². The molecule has 2 heterocycles. The van der Waals surface area contributed by atoms with Crippen LogP contribution >= 0.6 is 0 Å². The van der Waals surface area contributed by atoms with Crippen molar-refractivity contribution in [1.29, 1.82) is 0 Å². The lowest BCUT2D eigenvalue weighted by Crippen LogP contribution is -2.33. The van der Waals surface area contributed by atoms with Crippen molar-refractivity contribution >= 4 is 11.8 Å². The molecule has 1 aromatic heterocycles. The minimum atomic E-state index is 0.275. The first-order chi connectivity index (χ1) is 10.3. The third kappa shape index (κ3) is 5.38. The van der Waals surface area contributed by atoms with Crippen LogP contribution in [0.15, 0.2) is 6.20 Å². The number of anilines is 2. The van der Waals surface area contributed by atoms with Gasteiger partial charge in [-0.3, -0.25) is 4.90 Å². The molecule has 1 fully saturated rings. The van der Waals surface area contributed by atoms with Crippen LogP contribution in [0.2, 0.25) is 0 Å². The Balaban J connectivity index is 1.82. The van der Waals surface area contributed by atoms with Crippen LogP contribution in [0.25, 0.3) is 0 Å². The fourth-order valence-electron chi connectivity index (χ4n) is 2.47. The van der Waals surface area contributed by atoms with Crippen molar-refractivity contribution < 1.29 is 4.74 Å². The SMILES string of the molecule is CCCCNc1nc(N)ncc1OCCN1CCCCC1. The Bertz CT molecular complexity index is 421. The van der Waals surface area contributed by atoms with Gasteiger partial charge in [0, 0.05) is 13.1 Å². The molecule has 118 valence electrons. The predicted octanol–water partition coefficient (Wildman–Crippen LogP) is 2.14. The molecular formula is C15H27N5O. The van der Waals surface area contributed by atoms with Gasteiger partial charge < -0.3 is 15.8 Å². The fourth-order valence-corrected chi connectivity index (χ4v) is 2.47. The number of aromatic nitrogens is 2. The molecule has 1 aliphatic rings. The highest BCUT2D eigenvalue weighted by Crippen LogP contribution is 2.21. The van der Waals surface area contributed by atoms with E-state index in [1.54, 1.807) is 6.20 Å². The number of piperidine rings is 1. The lowest BCUT2D eigenvalue weighted by atomic mass is 10.1. The van der Waals surface area contributed by atoms with Crippen LogP contribution in [0.5, 0.6) is 5.75 Å². The molecule has 0 aliphatic carbocycles. The maximum absolute atomic E-state index is 5.84. The highest BCUT2D eigenvalue weighted by molar-refractivity contribution is 5.51. The van der Waals surface area contributed by atoms with Gasteiger partial charge in [-0.05, 0) is 32.4 Å². The average molecular weight is 293 g/mol.